The molecule has 5 rings (SSSR count). The lowest BCUT2D eigenvalue weighted by Gasteiger charge is -2.25. The fourth-order valence-corrected chi connectivity index (χ4v) is 6.66. The summed E-state index contributed by atoms with van der Waals surface area (Å²) < 4.78 is 1.12. The predicted octanol–water partition coefficient (Wildman–Crippen LogP) is 5.64. The van der Waals surface area contributed by atoms with Gasteiger partial charge in [0.25, 0.3) is 0 Å². The number of hydrogen-bond acceptors (Lipinski definition) is 6. The van der Waals surface area contributed by atoms with Crippen LogP contribution in [-0.2, 0) is 22.6 Å². The van der Waals surface area contributed by atoms with Crippen LogP contribution in [0.15, 0.2) is 47.9 Å². The van der Waals surface area contributed by atoms with Crippen molar-refractivity contribution in [2.75, 3.05) is 11.9 Å². The van der Waals surface area contributed by atoms with Crippen molar-refractivity contribution in [1.29, 1.82) is 0 Å². The van der Waals surface area contributed by atoms with Gasteiger partial charge in [0.15, 0.2) is 0 Å². The minimum Gasteiger partial charge on any atom is -0.337 e. The first kappa shape index (κ1) is 20.1. The second-order valence-corrected chi connectivity index (χ2v) is 10.3. The smallest absolute Gasteiger partial charge is 0.249 e. The molecule has 156 valence electrons. The Labute approximate surface area is 191 Å². The number of para-hydroxylation sites is 1. The van der Waals surface area contributed by atoms with Crippen molar-refractivity contribution in [3.8, 4) is 10.6 Å². The Kier molecular flexibility index (Phi) is 5.43. The lowest BCUT2D eigenvalue weighted by atomic mass is 10.0. The summed E-state index contributed by atoms with van der Waals surface area (Å²) in [5.41, 5.74) is 3.15. The molecule has 0 unspecified atom stereocenters. The number of rotatable bonds is 4. The van der Waals surface area contributed by atoms with E-state index in [0.29, 0.717) is 13.1 Å². The van der Waals surface area contributed by atoms with Gasteiger partial charge < -0.3 is 10.2 Å². The predicted molar refractivity (Wildman–Crippen MR) is 130 cm³/mol. The number of thiazole rings is 1. The van der Waals surface area contributed by atoms with Gasteiger partial charge in [0.05, 0.1) is 16.8 Å². The summed E-state index contributed by atoms with van der Waals surface area (Å²) >= 11 is 4.77. The number of benzene rings is 1. The number of aromatic nitrogens is 1. The molecule has 0 atom stereocenters. The molecular weight excluding hydrogens is 446 g/mol. The van der Waals surface area contributed by atoms with E-state index in [1.807, 2.05) is 46.7 Å². The van der Waals surface area contributed by atoms with Crippen LogP contribution >= 0.6 is 34.0 Å². The van der Waals surface area contributed by atoms with Gasteiger partial charge in [-0.2, -0.15) is 0 Å². The van der Waals surface area contributed by atoms with Gasteiger partial charge >= 0.3 is 0 Å². The number of thiophene rings is 2. The standard InChI is InChI=1S/C23H19N3O2S3/c1-14(27)26-11-10-16-19(13-26)31-23(25-20(28)9-8-15-5-4-12-29-15)21(16)22-24-17-6-2-3-7-18(17)30-22/h2-9,12H,10-11,13H2,1H3,(H,25,28). The van der Waals surface area contributed by atoms with Crippen molar-refractivity contribution in [3.63, 3.8) is 0 Å². The molecule has 31 heavy (non-hydrogen) atoms. The Hall–Kier alpha value is -2.81. The Morgan fingerprint density at radius 2 is 2.03 bits per heavy atom. The van der Waals surface area contributed by atoms with Crippen LogP contribution in [0.1, 0.15) is 22.2 Å². The molecule has 0 fully saturated rings. The molecule has 1 aromatic carbocycles. The lowest BCUT2D eigenvalue weighted by Crippen LogP contribution is -2.33. The molecule has 0 spiro atoms. The number of hydrogen-bond donors (Lipinski definition) is 1. The van der Waals surface area contributed by atoms with E-state index >= 15 is 0 Å². The molecule has 0 saturated carbocycles. The summed E-state index contributed by atoms with van der Waals surface area (Å²) in [6, 6.07) is 12.0. The highest BCUT2D eigenvalue weighted by Gasteiger charge is 2.28. The van der Waals surface area contributed by atoms with Crippen LogP contribution in [0.25, 0.3) is 26.9 Å². The Morgan fingerprint density at radius 1 is 1.16 bits per heavy atom. The van der Waals surface area contributed by atoms with E-state index < -0.39 is 0 Å². The zero-order valence-corrected chi connectivity index (χ0v) is 19.2. The van der Waals surface area contributed by atoms with E-state index in [-0.39, 0.29) is 11.8 Å². The highest BCUT2D eigenvalue weighted by atomic mass is 32.1. The molecule has 0 aliphatic carbocycles. The number of anilines is 1. The third-order valence-corrected chi connectivity index (χ3v) is 8.21. The number of nitrogens with one attached hydrogen (secondary N) is 1. The first-order valence-corrected chi connectivity index (χ1v) is 12.4. The van der Waals surface area contributed by atoms with Crippen LogP contribution in [0.4, 0.5) is 5.00 Å². The first-order valence-electron chi connectivity index (χ1n) is 9.87. The van der Waals surface area contributed by atoms with Gasteiger partial charge in [-0.05, 0) is 41.6 Å². The van der Waals surface area contributed by atoms with Crippen LogP contribution in [0.2, 0.25) is 0 Å². The van der Waals surface area contributed by atoms with E-state index in [1.54, 1.807) is 47.0 Å². The molecule has 2 amide bonds. The van der Waals surface area contributed by atoms with Crippen molar-refractivity contribution >= 4 is 67.1 Å². The maximum atomic E-state index is 12.7. The number of nitrogens with zero attached hydrogens (tertiary/aromatic N) is 2. The van der Waals surface area contributed by atoms with E-state index in [2.05, 4.69) is 11.4 Å². The molecule has 0 radical (unpaired) electrons. The fraction of sp³-hybridized carbons (Fsp3) is 0.174. The molecule has 4 aromatic rings. The Bertz CT molecular complexity index is 1270. The monoisotopic (exact) mass is 465 g/mol. The Balaban J connectivity index is 1.53. The molecule has 1 N–H and O–H groups in total. The zero-order chi connectivity index (χ0) is 21.4. The number of carbonyl (C=O) groups excluding carboxylic acids is 2. The normalized spacial score (nSPS) is 13.6. The van der Waals surface area contributed by atoms with Crippen molar-refractivity contribution in [3.05, 3.63) is 63.2 Å². The molecule has 5 nitrogen and oxygen atoms in total. The summed E-state index contributed by atoms with van der Waals surface area (Å²) in [5, 5.41) is 6.77. The molecule has 1 aliphatic heterocycles. The van der Waals surface area contributed by atoms with Crippen LogP contribution < -0.4 is 5.32 Å². The molecule has 8 heteroatoms. The second kappa shape index (κ2) is 8.37. The SMILES string of the molecule is CC(=O)N1CCc2c(sc(NC(=O)C=Cc3cccs3)c2-c2nc3ccccc3s2)C1. The van der Waals surface area contributed by atoms with E-state index in [4.69, 9.17) is 4.98 Å². The summed E-state index contributed by atoms with van der Waals surface area (Å²) in [5.74, 6) is -0.0946. The Morgan fingerprint density at radius 3 is 2.81 bits per heavy atom. The third-order valence-electron chi connectivity index (χ3n) is 5.19. The molecule has 1 aliphatic rings. The van der Waals surface area contributed by atoms with E-state index in [0.717, 1.165) is 42.0 Å². The quantitative estimate of drug-likeness (QED) is 0.397. The van der Waals surface area contributed by atoms with E-state index in [1.165, 1.54) is 5.56 Å². The summed E-state index contributed by atoms with van der Waals surface area (Å²) in [6.07, 6.45) is 4.15. The van der Waals surface area contributed by atoms with Gasteiger partial charge in [0.1, 0.15) is 10.0 Å². The maximum Gasteiger partial charge on any atom is 0.249 e. The van der Waals surface area contributed by atoms with Gasteiger partial charge in [-0.15, -0.1) is 34.0 Å². The zero-order valence-electron chi connectivity index (χ0n) is 16.8. The van der Waals surface area contributed by atoms with Crippen LogP contribution in [0.3, 0.4) is 0 Å². The highest BCUT2D eigenvalue weighted by molar-refractivity contribution is 7.23. The van der Waals surface area contributed by atoms with Gasteiger partial charge in [-0.25, -0.2) is 4.98 Å². The maximum absolute atomic E-state index is 12.7. The van der Waals surface area contributed by atoms with Gasteiger partial charge in [0, 0.05) is 34.9 Å². The van der Waals surface area contributed by atoms with Crippen molar-refractivity contribution in [1.82, 2.24) is 9.88 Å². The first-order chi connectivity index (χ1) is 15.1. The largest absolute Gasteiger partial charge is 0.337 e. The molecular formula is C23H19N3O2S3. The molecule has 0 bridgehead atoms. The van der Waals surface area contributed by atoms with Gasteiger partial charge in [-0.3, -0.25) is 9.59 Å². The van der Waals surface area contributed by atoms with Crippen molar-refractivity contribution in [2.45, 2.75) is 19.9 Å². The summed E-state index contributed by atoms with van der Waals surface area (Å²) in [7, 11) is 0. The minimum absolute atomic E-state index is 0.0741. The molecule has 4 heterocycles. The number of carbonyl (C=O) groups is 2. The van der Waals surface area contributed by atoms with Crippen molar-refractivity contribution < 1.29 is 9.59 Å². The van der Waals surface area contributed by atoms with Gasteiger partial charge in [0.2, 0.25) is 11.8 Å². The van der Waals surface area contributed by atoms with Crippen molar-refractivity contribution in [2.24, 2.45) is 0 Å². The summed E-state index contributed by atoms with van der Waals surface area (Å²) in [4.78, 5) is 33.4. The number of amides is 2. The van der Waals surface area contributed by atoms with Crippen LogP contribution in [-0.4, -0.2) is 28.2 Å². The minimum atomic E-state index is -0.169. The highest BCUT2D eigenvalue weighted by Crippen LogP contribution is 2.45. The average Bonchev–Trinajstić information content (AvgIpc) is 3.49. The molecule has 3 aromatic heterocycles. The second-order valence-electron chi connectivity index (χ2n) is 7.22. The number of fused-ring (bicyclic) bond motifs is 2. The lowest BCUT2D eigenvalue weighted by molar-refractivity contribution is -0.129. The topological polar surface area (TPSA) is 62.3 Å². The van der Waals surface area contributed by atoms with Crippen LogP contribution in [0.5, 0.6) is 0 Å². The average molecular weight is 466 g/mol. The summed E-state index contributed by atoms with van der Waals surface area (Å²) in [6.45, 7) is 2.86. The molecule has 0 saturated heterocycles. The fourth-order valence-electron chi connectivity index (χ4n) is 3.66. The van der Waals surface area contributed by atoms with Gasteiger partial charge in [-0.1, -0.05) is 18.2 Å². The van der Waals surface area contributed by atoms with E-state index in [9.17, 15) is 9.59 Å². The third kappa shape index (κ3) is 4.06. The van der Waals surface area contributed by atoms with Crippen LogP contribution in [0, 0.1) is 0 Å².